The highest BCUT2D eigenvalue weighted by Crippen LogP contribution is 2.32. The summed E-state index contributed by atoms with van der Waals surface area (Å²) < 4.78 is 16.8. The molecule has 3 aromatic rings. The van der Waals surface area contributed by atoms with Crippen molar-refractivity contribution in [2.24, 2.45) is 0 Å². The first-order valence-corrected chi connectivity index (χ1v) is 12.8. The minimum atomic E-state index is -0.792. The number of fused-ring (bicyclic) bond motifs is 1. The van der Waals surface area contributed by atoms with Crippen molar-refractivity contribution in [1.29, 1.82) is 10.5 Å². The number of ether oxygens (including phenoxy) is 3. The van der Waals surface area contributed by atoms with Crippen molar-refractivity contribution in [3.8, 4) is 23.8 Å². The second kappa shape index (κ2) is 12.1. The van der Waals surface area contributed by atoms with E-state index in [2.05, 4.69) is 35.0 Å². The Morgan fingerprint density at radius 1 is 1.11 bits per heavy atom. The van der Waals surface area contributed by atoms with Gasteiger partial charge in [0.25, 0.3) is 0 Å². The topological polar surface area (TPSA) is 91.4 Å². The molecule has 2 heterocycles. The Morgan fingerprint density at radius 2 is 1.92 bits per heavy atom. The minimum Gasteiger partial charge on any atom is -0.492 e. The predicted molar refractivity (Wildman–Crippen MR) is 143 cm³/mol. The number of nitrogens with zero attached hydrogens (tertiary/aromatic N) is 4. The summed E-state index contributed by atoms with van der Waals surface area (Å²) in [7, 11) is 1.63. The van der Waals surface area contributed by atoms with Gasteiger partial charge in [0.1, 0.15) is 11.8 Å². The first-order valence-electron chi connectivity index (χ1n) is 12.8. The maximum atomic E-state index is 10.2. The molecule has 7 heteroatoms. The summed E-state index contributed by atoms with van der Waals surface area (Å²) >= 11 is 0. The molecule has 1 unspecified atom stereocenters. The lowest BCUT2D eigenvalue weighted by atomic mass is 9.78. The van der Waals surface area contributed by atoms with E-state index in [1.54, 1.807) is 7.11 Å². The Hall–Kier alpha value is -3.65. The molecule has 7 nitrogen and oxygen atoms in total. The second-order valence-electron chi connectivity index (χ2n) is 9.64. The van der Waals surface area contributed by atoms with Crippen molar-refractivity contribution >= 4 is 10.9 Å². The number of aryl methyl sites for hydroxylation is 1. The summed E-state index contributed by atoms with van der Waals surface area (Å²) in [5.41, 5.74) is 3.34. The van der Waals surface area contributed by atoms with Gasteiger partial charge in [-0.25, -0.2) is 4.98 Å². The molecule has 0 radical (unpaired) electrons. The molecule has 1 aromatic heterocycles. The first-order chi connectivity index (χ1) is 18.0. The van der Waals surface area contributed by atoms with Crippen molar-refractivity contribution < 1.29 is 14.2 Å². The van der Waals surface area contributed by atoms with Gasteiger partial charge >= 0.3 is 0 Å². The van der Waals surface area contributed by atoms with E-state index in [0.29, 0.717) is 30.2 Å². The molecule has 2 aromatic carbocycles. The average molecular weight is 499 g/mol. The van der Waals surface area contributed by atoms with E-state index < -0.39 is 5.41 Å². The lowest BCUT2D eigenvalue weighted by Gasteiger charge is -2.26. The Morgan fingerprint density at radius 3 is 2.62 bits per heavy atom. The van der Waals surface area contributed by atoms with E-state index in [0.717, 1.165) is 73.3 Å². The van der Waals surface area contributed by atoms with Gasteiger partial charge in [-0.05, 0) is 61.6 Å². The number of pyridine rings is 1. The van der Waals surface area contributed by atoms with E-state index in [1.165, 1.54) is 0 Å². The molecule has 37 heavy (non-hydrogen) atoms. The predicted octanol–water partition coefficient (Wildman–Crippen LogP) is 4.80. The summed E-state index contributed by atoms with van der Waals surface area (Å²) in [6.45, 7) is 8.98. The van der Waals surface area contributed by atoms with Crippen LogP contribution in [0.2, 0.25) is 0 Å². The number of nitriles is 2. The van der Waals surface area contributed by atoms with E-state index in [9.17, 15) is 10.5 Å². The van der Waals surface area contributed by atoms with Gasteiger partial charge in [0.05, 0.1) is 49.5 Å². The van der Waals surface area contributed by atoms with Gasteiger partial charge in [-0.15, -0.1) is 0 Å². The van der Waals surface area contributed by atoms with Crippen LogP contribution in [0.4, 0.5) is 0 Å². The van der Waals surface area contributed by atoms with E-state index in [4.69, 9.17) is 14.2 Å². The second-order valence-corrected chi connectivity index (χ2v) is 9.64. The van der Waals surface area contributed by atoms with Gasteiger partial charge in [0.15, 0.2) is 0 Å². The lowest BCUT2D eigenvalue weighted by molar-refractivity contribution is 0.0358. The standard InChI is InChI=1S/C30H34N4O3/c1-4-23-17-24-7-8-26(18-27(24)33-29(23)35-3)30(2,21-32)19-22-6-9-28(25(16-22)20-31)37-13-5-10-34-11-14-36-15-12-34/h6-9,16-18H,4-5,10-15,19H2,1-3H3. The van der Waals surface area contributed by atoms with Gasteiger partial charge in [-0.2, -0.15) is 10.5 Å². The lowest BCUT2D eigenvalue weighted by Crippen LogP contribution is -2.37. The molecule has 0 amide bonds. The summed E-state index contributed by atoms with van der Waals surface area (Å²) in [6, 6.07) is 18.5. The highest BCUT2D eigenvalue weighted by atomic mass is 16.5. The SMILES string of the molecule is CCc1cc2ccc(C(C)(C#N)Cc3ccc(OCCCN4CCOCC4)c(C#N)c3)cc2nc1OC. The number of aromatic nitrogens is 1. The number of methoxy groups -OCH3 is 1. The van der Waals surface area contributed by atoms with Crippen LogP contribution in [0, 0.1) is 22.7 Å². The quantitative estimate of drug-likeness (QED) is 0.371. The Kier molecular flexibility index (Phi) is 8.61. The summed E-state index contributed by atoms with van der Waals surface area (Å²) in [5.74, 6) is 1.20. The maximum Gasteiger partial charge on any atom is 0.216 e. The number of hydrogen-bond donors (Lipinski definition) is 0. The fourth-order valence-electron chi connectivity index (χ4n) is 4.78. The van der Waals surface area contributed by atoms with Crippen molar-refractivity contribution in [2.75, 3.05) is 46.6 Å². The molecule has 1 aliphatic rings. The highest BCUT2D eigenvalue weighted by molar-refractivity contribution is 5.81. The summed E-state index contributed by atoms with van der Waals surface area (Å²) in [4.78, 5) is 7.05. The van der Waals surface area contributed by atoms with Gasteiger partial charge in [-0.1, -0.05) is 25.1 Å². The van der Waals surface area contributed by atoms with E-state index in [1.807, 2.05) is 43.3 Å². The molecule has 1 fully saturated rings. The molecule has 1 atom stereocenters. The highest BCUT2D eigenvalue weighted by Gasteiger charge is 2.28. The molecule has 4 rings (SSSR count). The molecule has 1 saturated heterocycles. The van der Waals surface area contributed by atoms with Crippen LogP contribution in [-0.4, -0.2) is 56.4 Å². The fourth-order valence-corrected chi connectivity index (χ4v) is 4.78. The Labute approximate surface area is 219 Å². The molecule has 0 spiro atoms. The molecule has 1 aliphatic heterocycles. The zero-order valence-electron chi connectivity index (χ0n) is 21.9. The first kappa shape index (κ1) is 26.4. The molecule has 0 aliphatic carbocycles. The Balaban J connectivity index is 1.48. The van der Waals surface area contributed by atoms with Crippen LogP contribution in [0.3, 0.4) is 0 Å². The summed E-state index contributed by atoms with van der Waals surface area (Å²) in [6.07, 6.45) is 2.18. The number of benzene rings is 2. The molecule has 0 bridgehead atoms. The monoisotopic (exact) mass is 498 g/mol. The van der Waals surface area contributed by atoms with E-state index >= 15 is 0 Å². The number of rotatable bonds is 10. The van der Waals surface area contributed by atoms with Crippen LogP contribution >= 0.6 is 0 Å². The third-order valence-electron chi connectivity index (χ3n) is 7.02. The fraction of sp³-hybridized carbons (Fsp3) is 0.433. The van der Waals surface area contributed by atoms with Gasteiger partial charge < -0.3 is 14.2 Å². The Bertz CT molecular complexity index is 1320. The number of hydrogen-bond acceptors (Lipinski definition) is 7. The minimum absolute atomic E-state index is 0.463. The third kappa shape index (κ3) is 6.20. The van der Waals surface area contributed by atoms with Crippen molar-refractivity contribution in [3.63, 3.8) is 0 Å². The normalized spacial score (nSPS) is 15.5. The molecule has 0 saturated carbocycles. The largest absolute Gasteiger partial charge is 0.492 e. The van der Waals surface area contributed by atoms with Crippen molar-refractivity contribution in [1.82, 2.24) is 9.88 Å². The molecule has 192 valence electrons. The molecular formula is C30H34N4O3. The maximum absolute atomic E-state index is 10.2. The molecule has 0 N–H and O–H groups in total. The van der Waals surface area contributed by atoms with Gasteiger partial charge in [0.2, 0.25) is 5.88 Å². The van der Waals surface area contributed by atoms with E-state index in [-0.39, 0.29) is 0 Å². The molecular weight excluding hydrogens is 464 g/mol. The third-order valence-corrected chi connectivity index (χ3v) is 7.02. The number of morpholine rings is 1. The van der Waals surface area contributed by atoms with Gasteiger partial charge in [-0.3, -0.25) is 4.90 Å². The smallest absolute Gasteiger partial charge is 0.216 e. The van der Waals surface area contributed by atoms with Crippen LogP contribution in [0.15, 0.2) is 42.5 Å². The summed E-state index contributed by atoms with van der Waals surface area (Å²) in [5, 5.41) is 21.0. The van der Waals surface area contributed by atoms with Gasteiger partial charge in [0, 0.05) is 30.6 Å². The zero-order valence-corrected chi connectivity index (χ0v) is 21.9. The van der Waals surface area contributed by atoms with Crippen LogP contribution in [0.1, 0.15) is 42.5 Å². The van der Waals surface area contributed by atoms with Crippen molar-refractivity contribution in [2.45, 2.75) is 38.5 Å². The van der Waals surface area contributed by atoms with Crippen molar-refractivity contribution in [3.05, 3.63) is 64.7 Å². The average Bonchev–Trinajstić information content (AvgIpc) is 2.95. The van der Waals surface area contributed by atoms with Crippen LogP contribution in [0.5, 0.6) is 11.6 Å². The van der Waals surface area contributed by atoms with Crippen LogP contribution < -0.4 is 9.47 Å². The van der Waals surface area contributed by atoms with Crippen LogP contribution in [0.25, 0.3) is 10.9 Å². The van der Waals surface area contributed by atoms with Crippen LogP contribution in [-0.2, 0) is 23.0 Å². The zero-order chi connectivity index (χ0) is 26.3.